The van der Waals surface area contributed by atoms with Gasteiger partial charge >= 0.3 is 18.0 Å². The fourth-order valence-corrected chi connectivity index (χ4v) is 7.22. The number of carbonyl (C=O) groups excluding carboxylic acids is 3. The van der Waals surface area contributed by atoms with Crippen molar-refractivity contribution in [1.29, 1.82) is 0 Å². The van der Waals surface area contributed by atoms with Gasteiger partial charge in [-0.15, -0.1) is 4.48 Å². The Morgan fingerprint density at radius 3 is 1.98 bits per heavy atom. The lowest BCUT2D eigenvalue weighted by atomic mass is 9.83. The SMILES string of the molecule is CC(CC1=C[N@@+](C(N)=O)(C(=O)[C@@H](N)Cc2ccccc2)C=N1)N(C(=O)OC(C)(C)C)C(CC(C)(C)COCc1ccccc1)[C@H](O)c1nccn1COCc1ccccc1. The topological polar surface area (TPSA) is 185 Å². The largest absolute Gasteiger partial charge is 0.444 e. The minimum absolute atomic E-state index is 0.0625. The number of nitrogens with two attached hydrogens (primary N) is 2. The maximum absolute atomic E-state index is 14.5. The molecule has 320 valence electrons. The zero-order valence-electron chi connectivity index (χ0n) is 35.5. The minimum Gasteiger partial charge on any atom is -0.444 e. The number of quaternary nitrogens is 1. The first-order chi connectivity index (χ1) is 28.5. The zero-order chi connectivity index (χ0) is 43.5. The molecule has 3 aromatic carbocycles. The number of amides is 4. The average molecular weight is 823 g/mol. The predicted octanol–water partition coefficient (Wildman–Crippen LogP) is 6.98. The summed E-state index contributed by atoms with van der Waals surface area (Å²) in [5.41, 5.74) is 13.9. The molecule has 5 atom stereocenters. The van der Waals surface area contributed by atoms with Crippen LogP contribution in [0.5, 0.6) is 0 Å². The molecule has 1 aliphatic rings. The number of benzene rings is 3. The number of hydrogen-bond acceptors (Lipinski definition) is 10. The van der Waals surface area contributed by atoms with Gasteiger partial charge in [0, 0.05) is 31.3 Å². The van der Waals surface area contributed by atoms with E-state index in [-0.39, 0.29) is 31.8 Å². The van der Waals surface area contributed by atoms with Crippen molar-refractivity contribution in [2.45, 2.75) is 111 Å². The first kappa shape index (κ1) is 45.6. The van der Waals surface area contributed by atoms with Crippen LogP contribution >= 0.6 is 0 Å². The van der Waals surface area contributed by atoms with Gasteiger partial charge in [-0.1, -0.05) is 105 Å². The maximum Gasteiger partial charge on any atom is 0.432 e. The number of imide groups is 1. The summed E-state index contributed by atoms with van der Waals surface area (Å²) >= 11 is 0. The van der Waals surface area contributed by atoms with Crippen molar-refractivity contribution < 1.29 is 38.2 Å². The van der Waals surface area contributed by atoms with E-state index >= 15 is 0 Å². The highest BCUT2D eigenvalue weighted by Crippen LogP contribution is 2.36. The standard InChI is InChI=1S/C46H59N7O7/c1-33(24-37-27-53(31-50-37,43(48)56)42(55)38(47)25-34-16-10-7-11-17-34)52(44(57)60-45(2,3)4)39(26-46(5,6)30-58-28-35-18-12-8-13-19-35)40(54)41-49-22-23-51(41)32-59-29-36-20-14-9-15-21-36/h7-23,27,31,33,38-40,54H,24-26,28-30,32,47H2,1-6H3,(H-,48,56)/p+1/t33?,38-,39?,40-,53-/m0/s1. The number of rotatable bonds is 19. The first-order valence-corrected chi connectivity index (χ1v) is 20.2. The van der Waals surface area contributed by atoms with Gasteiger partial charge in [0.05, 0.1) is 25.9 Å². The van der Waals surface area contributed by atoms with E-state index < -0.39 is 57.8 Å². The van der Waals surface area contributed by atoms with E-state index in [2.05, 4.69) is 9.98 Å². The second-order valence-electron chi connectivity index (χ2n) is 17.1. The van der Waals surface area contributed by atoms with Crippen molar-refractivity contribution in [1.82, 2.24) is 14.5 Å². The molecular formula is C46H60N7O7+. The molecule has 1 aromatic heterocycles. The van der Waals surface area contributed by atoms with E-state index in [1.54, 1.807) is 44.7 Å². The average Bonchev–Trinajstić information content (AvgIpc) is 3.86. The molecule has 0 spiro atoms. The molecule has 14 nitrogen and oxygen atoms in total. The fraction of sp³-hybridized carbons (Fsp3) is 0.413. The monoisotopic (exact) mass is 822 g/mol. The van der Waals surface area contributed by atoms with Crippen molar-refractivity contribution in [3.63, 3.8) is 0 Å². The van der Waals surface area contributed by atoms with Crippen LogP contribution in [-0.4, -0.2) is 78.7 Å². The molecule has 0 saturated carbocycles. The number of carbonyl (C=O) groups is 3. The van der Waals surface area contributed by atoms with Crippen molar-refractivity contribution in [2.24, 2.45) is 21.9 Å². The number of urea groups is 1. The Bertz CT molecular complexity index is 2080. The number of hydrogen-bond donors (Lipinski definition) is 3. The summed E-state index contributed by atoms with van der Waals surface area (Å²) in [6.45, 7) is 12.2. The van der Waals surface area contributed by atoms with Crippen LogP contribution in [0.2, 0.25) is 0 Å². The molecule has 0 saturated heterocycles. The number of primary amides is 1. The van der Waals surface area contributed by atoms with Gasteiger partial charge in [0.25, 0.3) is 0 Å². The van der Waals surface area contributed by atoms with E-state index in [1.807, 2.05) is 105 Å². The van der Waals surface area contributed by atoms with Crippen LogP contribution in [0.3, 0.4) is 0 Å². The quantitative estimate of drug-likeness (QED) is 0.0840. The van der Waals surface area contributed by atoms with Gasteiger partial charge in [0.1, 0.15) is 42.2 Å². The van der Waals surface area contributed by atoms with E-state index in [0.29, 0.717) is 25.5 Å². The number of nitrogens with zero attached hydrogens (tertiary/aromatic N) is 5. The highest BCUT2D eigenvalue weighted by Gasteiger charge is 2.48. The molecule has 5 N–H and O–H groups in total. The van der Waals surface area contributed by atoms with Crippen LogP contribution in [0, 0.1) is 5.41 Å². The fourth-order valence-electron chi connectivity index (χ4n) is 7.22. The highest BCUT2D eigenvalue weighted by molar-refractivity contribution is 5.95. The van der Waals surface area contributed by atoms with Gasteiger partial charge in [-0.3, -0.25) is 4.90 Å². The number of imidazole rings is 1. The summed E-state index contributed by atoms with van der Waals surface area (Å²) in [6, 6.07) is 25.1. The van der Waals surface area contributed by atoms with Crippen LogP contribution < -0.4 is 11.5 Å². The van der Waals surface area contributed by atoms with Crippen molar-refractivity contribution in [2.75, 3.05) is 6.61 Å². The molecule has 0 fully saturated rings. The first-order valence-electron chi connectivity index (χ1n) is 20.2. The third-order valence-corrected chi connectivity index (χ3v) is 10.1. The molecule has 0 aliphatic carbocycles. The van der Waals surface area contributed by atoms with E-state index in [9.17, 15) is 19.5 Å². The number of ether oxygens (including phenoxy) is 3. The van der Waals surface area contributed by atoms with Crippen LogP contribution in [0.4, 0.5) is 9.59 Å². The van der Waals surface area contributed by atoms with Crippen molar-refractivity contribution in [3.8, 4) is 0 Å². The van der Waals surface area contributed by atoms with Crippen molar-refractivity contribution >= 4 is 24.4 Å². The lowest BCUT2D eigenvalue weighted by molar-refractivity contribution is -0.606. The van der Waals surface area contributed by atoms with Gasteiger partial charge in [-0.05, 0) is 56.2 Å². The Balaban J connectivity index is 1.46. The molecule has 2 unspecified atom stereocenters. The van der Waals surface area contributed by atoms with Crippen LogP contribution in [-0.2, 0) is 45.4 Å². The van der Waals surface area contributed by atoms with Gasteiger partial charge in [0.15, 0.2) is 0 Å². The number of aromatic nitrogens is 2. The number of aliphatic hydroxyl groups is 1. The minimum atomic E-state index is -1.33. The molecule has 14 heteroatoms. The summed E-state index contributed by atoms with van der Waals surface area (Å²) < 4.78 is 19.0. The molecule has 4 amide bonds. The lowest BCUT2D eigenvalue weighted by Gasteiger charge is -2.42. The lowest BCUT2D eigenvalue weighted by Crippen LogP contribution is -2.59. The summed E-state index contributed by atoms with van der Waals surface area (Å²) in [5, 5.41) is 12.5. The molecule has 60 heavy (non-hydrogen) atoms. The Hall–Kier alpha value is -5.51. The Morgan fingerprint density at radius 1 is 0.850 bits per heavy atom. The third-order valence-electron chi connectivity index (χ3n) is 10.1. The molecule has 4 aromatic rings. The molecule has 0 bridgehead atoms. The van der Waals surface area contributed by atoms with Crippen LogP contribution in [0.25, 0.3) is 0 Å². The van der Waals surface area contributed by atoms with Crippen LogP contribution in [0.1, 0.15) is 83.0 Å². The second kappa shape index (κ2) is 20.2. The Kier molecular flexibility index (Phi) is 15.3. The Labute approximate surface area is 353 Å². The maximum atomic E-state index is 14.5. The summed E-state index contributed by atoms with van der Waals surface area (Å²) in [6.07, 6.45) is 4.34. The third kappa shape index (κ3) is 12.3. The number of aliphatic hydroxyl groups excluding tert-OH is 1. The molecule has 1 aliphatic heterocycles. The van der Waals surface area contributed by atoms with Gasteiger partial charge in [-0.25, -0.2) is 24.4 Å². The summed E-state index contributed by atoms with van der Waals surface area (Å²) in [7, 11) is 0. The molecule has 2 heterocycles. The van der Waals surface area contributed by atoms with E-state index in [4.69, 9.17) is 25.7 Å². The predicted molar refractivity (Wildman–Crippen MR) is 228 cm³/mol. The number of aliphatic imine (C=N–C) groups is 1. The Morgan fingerprint density at radius 2 is 1.42 bits per heavy atom. The summed E-state index contributed by atoms with van der Waals surface area (Å²) in [5.74, 6) is -0.357. The van der Waals surface area contributed by atoms with E-state index in [1.165, 1.54) is 17.4 Å². The molecule has 0 radical (unpaired) electrons. The zero-order valence-corrected chi connectivity index (χ0v) is 35.5. The highest BCUT2D eigenvalue weighted by atomic mass is 16.6. The van der Waals surface area contributed by atoms with Gasteiger partial charge in [0.2, 0.25) is 6.34 Å². The smallest absolute Gasteiger partial charge is 0.432 e. The van der Waals surface area contributed by atoms with Crippen LogP contribution in [0.15, 0.2) is 120 Å². The second-order valence-corrected chi connectivity index (χ2v) is 17.1. The normalized spacial score (nSPS) is 17.4. The van der Waals surface area contributed by atoms with Gasteiger partial charge in [-0.2, -0.15) is 0 Å². The molecule has 5 rings (SSSR count). The van der Waals surface area contributed by atoms with E-state index in [0.717, 1.165) is 16.7 Å². The van der Waals surface area contributed by atoms with Crippen molar-refractivity contribution in [3.05, 3.63) is 138 Å². The molecular weight excluding hydrogens is 763 g/mol. The van der Waals surface area contributed by atoms with Gasteiger partial charge < -0.3 is 35.4 Å². The summed E-state index contributed by atoms with van der Waals surface area (Å²) in [4.78, 5) is 51.9.